The van der Waals surface area contributed by atoms with Gasteiger partial charge in [-0.1, -0.05) is 11.6 Å². The first-order valence-electron chi connectivity index (χ1n) is 3.97. The second kappa shape index (κ2) is 3.96. The third-order valence-corrected chi connectivity index (χ3v) is 2.81. The van der Waals surface area contributed by atoms with Crippen LogP contribution in [-0.4, -0.2) is 21.0 Å². The molecule has 15 heavy (non-hydrogen) atoms. The molecule has 0 aliphatic rings. The number of pyridine rings is 1. The van der Waals surface area contributed by atoms with Gasteiger partial charge in [-0.3, -0.25) is 0 Å². The van der Waals surface area contributed by atoms with Gasteiger partial charge in [-0.25, -0.2) is 14.8 Å². The van der Waals surface area contributed by atoms with Crippen LogP contribution >= 0.6 is 22.9 Å². The van der Waals surface area contributed by atoms with Crippen molar-refractivity contribution in [1.82, 2.24) is 9.97 Å². The number of hydrogen-bond acceptors (Lipinski definition) is 4. The fraction of sp³-hybridized carbons (Fsp3) is 0. The third-order valence-electron chi connectivity index (χ3n) is 1.70. The fourth-order valence-corrected chi connectivity index (χ4v) is 1.90. The molecule has 0 amide bonds. The number of carbonyl (C=O) groups is 1. The average molecular weight is 241 g/mol. The lowest BCUT2D eigenvalue weighted by atomic mass is 10.3. The summed E-state index contributed by atoms with van der Waals surface area (Å²) in [4.78, 5) is 18.4. The van der Waals surface area contributed by atoms with Crippen LogP contribution in [0.4, 0.5) is 0 Å². The molecule has 0 bridgehead atoms. The van der Waals surface area contributed by atoms with Crippen molar-refractivity contribution in [2.75, 3.05) is 0 Å². The van der Waals surface area contributed by atoms with Crippen LogP contribution < -0.4 is 0 Å². The van der Waals surface area contributed by atoms with Crippen LogP contribution in [0.15, 0.2) is 23.7 Å². The Hall–Kier alpha value is -1.46. The maximum absolute atomic E-state index is 10.6. The highest BCUT2D eigenvalue weighted by Crippen LogP contribution is 2.23. The molecule has 2 aromatic rings. The molecule has 0 aliphatic heterocycles. The summed E-state index contributed by atoms with van der Waals surface area (Å²) in [6.07, 6.45) is 1.56. The van der Waals surface area contributed by atoms with Gasteiger partial charge in [0.15, 0.2) is 5.69 Å². The number of nitrogens with zero attached hydrogens (tertiary/aromatic N) is 2. The van der Waals surface area contributed by atoms with Gasteiger partial charge in [0.1, 0.15) is 10.2 Å². The van der Waals surface area contributed by atoms with Gasteiger partial charge >= 0.3 is 5.97 Å². The molecule has 2 rings (SSSR count). The van der Waals surface area contributed by atoms with Gasteiger partial charge in [0.2, 0.25) is 0 Å². The van der Waals surface area contributed by atoms with Crippen molar-refractivity contribution in [3.05, 3.63) is 34.6 Å². The Morgan fingerprint density at radius 3 is 2.80 bits per heavy atom. The molecule has 0 saturated carbocycles. The molecule has 2 aromatic heterocycles. The number of halogens is 1. The van der Waals surface area contributed by atoms with E-state index in [1.54, 1.807) is 18.3 Å². The highest BCUT2D eigenvalue weighted by Gasteiger charge is 2.09. The number of aromatic nitrogens is 2. The Morgan fingerprint density at radius 2 is 2.27 bits per heavy atom. The van der Waals surface area contributed by atoms with E-state index in [4.69, 9.17) is 16.7 Å². The molecule has 4 nitrogen and oxygen atoms in total. The van der Waals surface area contributed by atoms with Crippen LogP contribution in [0.25, 0.3) is 10.6 Å². The third kappa shape index (κ3) is 2.14. The minimum absolute atomic E-state index is 0.0463. The Bertz CT molecular complexity index is 495. The largest absolute Gasteiger partial charge is 0.476 e. The summed E-state index contributed by atoms with van der Waals surface area (Å²) in [5.74, 6) is -1.03. The van der Waals surface area contributed by atoms with E-state index in [1.807, 2.05) is 0 Å². The topological polar surface area (TPSA) is 63.1 Å². The van der Waals surface area contributed by atoms with Crippen LogP contribution in [0.3, 0.4) is 0 Å². The maximum atomic E-state index is 10.6. The second-order valence-corrected chi connectivity index (χ2v) is 3.96. The van der Waals surface area contributed by atoms with Crippen molar-refractivity contribution < 1.29 is 9.90 Å². The zero-order valence-corrected chi connectivity index (χ0v) is 8.92. The van der Waals surface area contributed by atoms with Gasteiger partial charge in [-0.2, -0.15) is 0 Å². The summed E-state index contributed by atoms with van der Waals surface area (Å²) in [6, 6.07) is 3.39. The van der Waals surface area contributed by atoms with E-state index in [1.165, 1.54) is 16.7 Å². The van der Waals surface area contributed by atoms with Gasteiger partial charge in [-0.05, 0) is 12.1 Å². The van der Waals surface area contributed by atoms with Crippen molar-refractivity contribution >= 4 is 28.9 Å². The predicted molar refractivity (Wildman–Crippen MR) is 57.3 cm³/mol. The summed E-state index contributed by atoms with van der Waals surface area (Å²) in [5.41, 5.74) is 0.807. The van der Waals surface area contributed by atoms with Crippen molar-refractivity contribution in [1.29, 1.82) is 0 Å². The highest BCUT2D eigenvalue weighted by molar-refractivity contribution is 7.13. The van der Waals surface area contributed by atoms with Crippen LogP contribution in [0, 0.1) is 0 Å². The minimum atomic E-state index is -1.03. The number of aromatic carboxylic acids is 1. The molecule has 76 valence electrons. The van der Waals surface area contributed by atoms with Crippen molar-refractivity contribution in [2.45, 2.75) is 0 Å². The van der Waals surface area contributed by atoms with Crippen molar-refractivity contribution in [3.63, 3.8) is 0 Å². The standard InChI is InChI=1S/C9H5ClN2O2S/c10-7-2-1-5(3-11-7)8-12-6(4-15-8)9(13)14/h1-4H,(H,13,14). The molecule has 0 unspecified atom stereocenters. The lowest BCUT2D eigenvalue weighted by Gasteiger charge is -1.94. The first-order chi connectivity index (χ1) is 7.16. The van der Waals surface area contributed by atoms with Crippen LogP contribution in [0.1, 0.15) is 10.5 Å². The van der Waals surface area contributed by atoms with E-state index in [9.17, 15) is 4.79 Å². The molecular weight excluding hydrogens is 236 g/mol. The highest BCUT2D eigenvalue weighted by atomic mass is 35.5. The molecule has 6 heteroatoms. The predicted octanol–water partition coefficient (Wildman–Crippen LogP) is 2.56. The molecule has 2 heterocycles. The van der Waals surface area contributed by atoms with E-state index in [0.29, 0.717) is 10.2 Å². The molecule has 0 atom stereocenters. The van der Waals surface area contributed by atoms with E-state index in [2.05, 4.69) is 9.97 Å². The summed E-state index contributed by atoms with van der Waals surface area (Å²) >= 11 is 6.89. The summed E-state index contributed by atoms with van der Waals surface area (Å²) in [6.45, 7) is 0. The number of hydrogen-bond donors (Lipinski definition) is 1. The Labute approximate surface area is 94.2 Å². The quantitative estimate of drug-likeness (QED) is 0.820. The minimum Gasteiger partial charge on any atom is -0.476 e. The fourth-order valence-electron chi connectivity index (χ4n) is 1.01. The zero-order chi connectivity index (χ0) is 10.8. The van der Waals surface area contributed by atoms with Gasteiger partial charge in [-0.15, -0.1) is 11.3 Å². The summed E-state index contributed by atoms with van der Waals surface area (Å²) in [7, 11) is 0. The molecule has 0 radical (unpaired) electrons. The first kappa shape index (κ1) is 10.1. The van der Waals surface area contributed by atoms with Gasteiger partial charge in [0.25, 0.3) is 0 Å². The van der Waals surface area contributed by atoms with E-state index in [-0.39, 0.29) is 5.69 Å². The number of carboxylic acids is 1. The van der Waals surface area contributed by atoms with Crippen LogP contribution in [-0.2, 0) is 0 Å². The van der Waals surface area contributed by atoms with E-state index >= 15 is 0 Å². The average Bonchev–Trinajstić information content (AvgIpc) is 2.68. The number of rotatable bonds is 2. The second-order valence-electron chi connectivity index (χ2n) is 2.71. The van der Waals surface area contributed by atoms with Crippen LogP contribution in [0.5, 0.6) is 0 Å². The number of carboxylic acid groups (broad SMARTS) is 1. The van der Waals surface area contributed by atoms with Gasteiger partial charge in [0.05, 0.1) is 0 Å². The molecule has 0 saturated heterocycles. The van der Waals surface area contributed by atoms with Crippen molar-refractivity contribution in [2.24, 2.45) is 0 Å². The molecule has 0 fully saturated rings. The maximum Gasteiger partial charge on any atom is 0.355 e. The zero-order valence-electron chi connectivity index (χ0n) is 7.35. The van der Waals surface area contributed by atoms with E-state index < -0.39 is 5.97 Å². The monoisotopic (exact) mass is 240 g/mol. The Morgan fingerprint density at radius 1 is 1.47 bits per heavy atom. The molecular formula is C9H5ClN2O2S. The van der Waals surface area contributed by atoms with Gasteiger partial charge in [0, 0.05) is 17.1 Å². The summed E-state index contributed by atoms with van der Waals surface area (Å²) < 4.78 is 0. The summed E-state index contributed by atoms with van der Waals surface area (Å²) in [5, 5.41) is 11.2. The number of thiazole rings is 1. The smallest absolute Gasteiger partial charge is 0.355 e. The normalized spacial score (nSPS) is 10.2. The first-order valence-corrected chi connectivity index (χ1v) is 5.23. The van der Waals surface area contributed by atoms with E-state index in [0.717, 1.165) is 5.56 Å². The lowest BCUT2D eigenvalue weighted by Crippen LogP contribution is -1.95. The molecule has 0 aliphatic carbocycles. The van der Waals surface area contributed by atoms with Crippen LogP contribution in [0.2, 0.25) is 5.15 Å². The van der Waals surface area contributed by atoms with Crippen molar-refractivity contribution in [3.8, 4) is 10.6 Å². The molecule has 0 spiro atoms. The molecule has 0 aromatic carbocycles. The molecule has 1 N–H and O–H groups in total. The SMILES string of the molecule is O=C(O)c1csc(-c2ccc(Cl)nc2)n1. The lowest BCUT2D eigenvalue weighted by molar-refractivity contribution is 0.0691. The van der Waals surface area contributed by atoms with Gasteiger partial charge < -0.3 is 5.11 Å². The Kier molecular flexibility index (Phi) is 2.66. The Balaban J connectivity index is 2.37.